The highest BCUT2D eigenvalue weighted by Gasteiger charge is 2.34. The van der Waals surface area contributed by atoms with Crippen molar-refractivity contribution in [3.63, 3.8) is 0 Å². The average molecular weight is 258 g/mol. The van der Waals surface area contributed by atoms with Gasteiger partial charge in [-0.25, -0.2) is 0 Å². The van der Waals surface area contributed by atoms with Crippen LogP contribution in [-0.4, -0.2) is 17.7 Å². The van der Waals surface area contributed by atoms with Crippen molar-refractivity contribution in [2.24, 2.45) is 5.92 Å². The first-order valence-electron chi connectivity index (χ1n) is 4.84. The molecule has 5 heteroatoms. The van der Waals surface area contributed by atoms with E-state index in [9.17, 15) is 9.59 Å². The molecule has 0 bridgehead atoms. The molecule has 0 unspecified atom stereocenters. The van der Waals surface area contributed by atoms with Crippen LogP contribution in [0, 0.1) is 5.92 Å². The second-order valence-corrected chi connectivity index (χ2v) is 4.44. The normalized spacial score (nSPS) is 20.2. The summed E-state index contributed by atoms with van der Waals surface area (Å²) in [6, 6.07) is 7.04. The molecule has 1 fully saturated rings. The predicted octanol–water partition coefficient (Wildman–Crippen LogP) is 2.46. The fourth-order valence-corrected chi connectivity index (χ4v) is 2.15. The zero-order valence-corrected chi connectivity index (χ0v) is 9.83. The van der Waals surface area contributed by atoms with Crippen molar-refractivity contribution in [3.05, 3.63) is 29.3 Å². The summed E-state index contributed by atoms with van der Waals surface area (Å²) in [5, 5.41) is 0.0291. The quantitative estimate of drug-likeness (QED) is 0.764. The molecule has 3 nitrogen and oxygen atoms in total. The first kappa shape index (κ1) is 11.4. The zero-order chi connectivity index (χ0) is 11.7. The highest BCUT2D eigenvalue weighted by atomic mass is 35.5. The number of rotatable bonds is 2. The summed E-state index contributed by atoms with van der Waals surface area (Å²) < 4.78 is 0. The van der Waals surface area contributed by atoms with Gasteiger partial charge in [0.05, 0.1) is 16.6 Å². The third-order valence-corrected chi connectivity index (χ3v) is 3.22. The Morgan fingerprint density at radius 2 is 2.06 bits per heavy atom. The smallest absolute Gasteiger partial charge is 0.227 e. The van der Waals surface area contributed by atoms with Gasteiger partial charge in [-0.2, -0.15) is 0 Å². The lowest BCUT2D eigenvalue weighted by Gasteiger charge is -2.17. The zero-order valence-electron chi connectivity index (χ0n) is 8.32. The van der Waals surface area contributed by atoms with E-state index in [1.165, 1.54) is 4.90 Å². The third-order valence-electron chi connectivity index (χ3n) is 2.59. The van der Waals surface area contributed by atoms with Crippen molar-refractivity contribution in [2.75, 3.05) is 11.4 Å². The molecule has 1 amide bonds. The summed E-state index contributed by atoms with van der Waals surface area (Å²) in [7, 11) is 0. The van der Waals surface area contributed by atoms with Crippen LogP contribution < -0.4 is 4.90 Å². The maximum absolute atomic E-state index is 11.7. The standard InChI is InChI=1S/C11H9Cl2NO2/c12-8-3-1-2-4-9(8)14-6-7(11(13)16)5-10(14)15/h1-4,7H,5-6H2/t7-/m1/s1. The number of anilines is 1. The van der Waals surface area contributed by atoms with Gasteiger partial charge in [-0.15, -0.1) is 0 Å². The van der Waals surface area contributed by atoms with E-state index in [1.54, 1.807) is 24.3 Å². The van der Waals surface area contributed by atoms with E-state index in [4.69, 9.17) is 23.2 Å². The highest BCUT2D eigenvalue weighted by molar-refractivity contribution is 6.64. The van der Waals surface area contributed by atoms with Crippen LogP contribution in [0.1, 0.15) is 6.42 Å². The topological polar surface area (TPSA) is 37.4 Å². The van der Waals surface area contributed by atoms with Crippen LogP contribution in [0.3, 0.4) is 0 Å². The maximum Gasteiger partial charge on any atom is 0.227 e. The number of hydrogen-bond donors (Lipinski definition) is 0. The SMILES string of the molecule is O=C(Cl)[C@@H]1CC(=O)N(c2ccccc2Cl)C1. The van der Waals surface area contributed by atoms with Gasteiger partial charge in [0.2, 0.25) is 11.1 Å². The number of hydrogen-bond acceptors (Lipinski definition) is 2. The summed E-state index contributed by atoms with van der Waals surface area (Å²) in [6.45, 7) is 0.310. The first-order chi connectivity index (χ1) is 7.59. The molecule has 1 aromatic carbocycles. The third kappa shape index (κ3) is 2.06. The molecule has 1 heterocycles. The van der Waals surface area contributed by atoms with Gasteiger partial charge < -0.3 is 4.90 Å². The van der Waals surface area contributed by atoms with Crippen LogP contribution in [-0.2, 0) is 9.59 Å². The Labute approximate surface area is 103 Å². The van der Waals surface area contributed by atoms with Gasteiger partial charge in [-0.05, 0) is 23.7 Å². The predicted molar refractivity (Wildman–Crippen MR) is 62.8 cm³/mol. The van der Waals surface area contributed by atoms with E-state index in [1.807, 2.05) is 0 Å². The van der Waals surface area contributed by atoms with E-state index in [0.29, 0.717) is 17.3 Å². The van der Waals surface area contributed by atoms with Crippen LogP contribution in [0.4, 0.5) is 5.69 Å². The summed E-state index contributed by atoms with van der Waals surface area (Å²) in [5.41, 5.74) is 0.634. The Morgan fingerprint density at radius 3 is 2.62 bits per heavy atom. The van der Waals surface area contributed by atoms with Crippen molar-refractivity contribution in [3.8, 4) is 0 Å². The van der Waals surface area contributed by atoms with E-state index >= 15 is 0 Å². The van der Waals surface area contributed by atoms with Crippen LogP contribution >= 0.6 is 23.2 Å². The minimum atomic E-state index is -0.470. The van der Waals surface area contributed by atoms with E-state index < -0.39 is 11.2 Å². The molecule has 0 radical (unpaired) electrons. The van der Waals surface area contributed by atoms with Gasteiger partial charge in [0.15, 0.2) is 0 Å². The van der Waals surface area contributed by atoms with Gasteiger partial charge in [-0.1, -0.05) is 23.7 Å². The Bertz CT molecular complexity index is 447. The average Bonchev–Trinajstić information content (AvgIpc) is 2.61. The van der Waals surface area contributed by atoms with E-state index in [0.717, 1.165) is 0 Å². The molecular formula is C11H9Cl2NO2. The fourth-order valence-electron chi connectivity index (χ4n) is 1.76. The first-order valence-corrected chi connectivity index (χ1v) is 5.59. The molecule has 0 spiro atoms. The van der Waals surface area contributed by atoms with Gasteiger partial charge in [0, 0.05) is 13.0 Å². The molecule has 0 N–H and O–H groups in total. The second-order valence-electron chi connectivity index (χ2n) is 3.66. The maximum atomic E-state index is 11.7. The Hall–Kier alpha value is -1.06. The molecule has 1 aliphatic rings. The molecule has 2 rings (SSSR count). The largest absolute Gasteiger partial charge is 0.310 e. The molecule has 1 aliphatic heterocycles. The molecule has 0 saturated carbocycles. The van der Waals surface area contributed by atoms with Crippen molar-refractivity contribution < 1.29 is 9.59 Å². The Morgan fingerprint density at radius 1 is 1.38 bits per heavy atom. The van der Waals surface area contributed by atoms with Crippen LogP contribution in [0.25, 0.3) is 0 Å². The summed E-state index contributed by atoms with van der Waals surface area (Å²) in [6.07, 6.45) is 0.160. The molecule has 1 aromatic rings. The fraction of sp³-hybridized carbons (Fsp3) is 0.273. The lowest BCUT2D eigenvalue weighted by atomic mass is 10.1. The number of halogens is 2. The molecule has 1 saturated heterocycles. The minimum Gasteiger partial charge on any atom is -0.310 e. The van der Waals surface area contributed by atoms with Crippen molar-refractivity contribution in [1.82, 2.24) is 0 Å². The van der Waals surface area contributed by atoms with Gasteiger partial charge >= 0.3 is 0 Å². The number of amides is 1. The summed E-state index contributed by atoms with van der Waals surface area (Å²) in [4.78, 5) is 24.2. The number of para-hydroxylation sites is 1. The molecule has 16 heavy (non-hydrogen) atoms. The second kappa shape index (κ2) is 4.44. The van der Waals surface area contributed by atoms with Crippen LogP contribution in [0.15, 0.2) is 24.3 Å². The van der Waals surface area contributed by atoms with Crippen molar-refractivity contribution >= 4 is 40.0 Å². The monoisotopic (exact) mass is 257 g/mol. The van der Waals surface area contributed by atoms with Crippen LogP contribution in [0.2, 0.25) is 5.02 Å². The molecule has 1 atom stereocenters. The van der Waals surface area contributed by atoms with Gasteiger partial charge in [0.25, 0.3) is 0 Å². The van der Waals surface area contributed by atoms with Gasteiger partial charge in [0.1, 0.15) is 0 Å². The van der Waals surface area contributed by atoms with Crippen LogP contribution in [0.5, 0.6) is 0 Å². The number of carbonyl (C=O) groups excluding carboxylic acids is 2. The summed E-state index contributed by atoms with van der Waals surface area (Å²) >= 11 is 11.4. The number of nitrogens with zero attached hydrogens (tertiary/aromatic N) is 1. The molecule has 84 valence electrons. The molecular weight excluding hydrogens is 249 g/mol. The van der Waals surface area contributed by atoms with Crippen molar-refractivity contribution in [1.29, 1.82) is 0 Å². The number of carbonyl (C=O) groups is 2. The van der Waals surface area contributed by atoms with Gasteiger partial charge in [-0.3, -0.25) is 9.59 Å². The molecule has 0 aromatic heterocycles. The Balaban J connectivity index is 2.27. The lowest BCUT2D eigenvalue weighted by molar-refractivity contribution is -0.120. The Kier molecular flexibility index (Phi) is 3.17. The summed E-state index contributed by atoms with van der Waals surface area (Å²) in [5.74, 6) is -0.544. The van der Waals surface area contributed by atoms with E-state index in [2.05, 4.69) is 0 Å². The van der Waals surface area contributed by atoms with Crippen molar-refractivity contribution in [2.45, 2.75) is 6.42 Å². The minimum absolute atomic E-state index is 0.118. The number of benzene rings is 1. The van der Waals surface area contributed by atoms with E-state index in [-0.39, 0.29) is 12.3 Å². The molecule has 0 aliphatic carbocycles. The highest BCUT2D eigenvalue weighted by Crippen LogP contribution is 2.31. The lowest BCUT2D eigenvalue weighted by Crippen LogP contribution is -2.25.